The average molecular weight is 536 g/mol. The SMILES string of the molecule is Cc1ccc(S(=O)(=O)N(CC(=O)N(Cc2ccccc2)C(C)C(=O)NCC(C)C)c2cccc(C)c2)cc1. The highest BCUT2D eigenvalue weighted by molar-refractivity contribution is 7.92. The molecule has 1 unspecified atom stereocenters. The van der Waals surface area contributed by atoms with Crippen LogP contribution >= 0.6 is 0 Å². The smallest absolute Gasteiger partial charge is 0.264 e. The fourth-order valence-corrected chi connectivity index (χ4v) is 5.37. The molecular formula is C30H37N3O4S. The number of carbonyl (C=O) groups is 2. The Hall–Kier alpha value is -3.65. The van der Waals surface area contributed by atoms with Crippen LogP contribution in [0.4, 0.5) is 5.69 Å². The third kappa shape index (κ3) is 7.44. The van der Waals surface area contributed by atoms with Crippen molar-refractivity contribution in [1.82, 2.24) is 10.2 Å². The molecule has 0 aromatic heterocycles. The van der Waals surface area contributed by atoms with Crippen LogP contribution in [0.25, 0.3) is 0 Å². The summed E-state index contributed by atoms with van der Waals surface area (Å²) in [5.74, 6) is -0.509. The van der Waals surface area contributed by atoms with Crippen LogP contribution in [-0.4, -0.2) is 44.3 Å². The summed E-state index contributed by atoms with van der Waals surface area (Å²) in [6, 6.07) is 22.1. The second-order valence-electron chi connectivity index (χ2n) is 9.99. The lowest BCUT2D eigenvalue weighted by Gasteiger charge is -2.32. The quantitative estimate of drug-likeness (QED) is 0.386. The summed E-state index contributed by atoms with van der Waals surface area (Å²) in [6.45, 7) is 9.60. The number of anilines is 1. The number of benzene rings is 3. The molecule has 0 spiro atoms. The van der Waals surface area contributed by atoms with E-state index in [2.05, 4.69) is 5.32 Å². The summed E-state index contributed by atoms with van der Waals surface area (Å²) in [5, 5.41) is 2.89. The van der Waals surface area contributed by atoms with Crippen molar-refractivity contribution in [3.05, 3.63) is 95.6 Å². The summed E-state index contributed by atoms with van der Waals surface area (Å²) in [6.07, 6.45) is 0. The Bertz CT molecular complexity index is 1340. The van der Waals surface area contributed by atoms with Crippen molar-refractivity contribution in [1.29, 1.82) is 0 Å². The van der Waals surface area contributed by atoms with Gasteiger partial charge in [0, 0.05) is 13.1 Å². The zero-order valence-electron chi connectivity index (χ0n) is 22.7. The molecule has 38 heavy (non-hydrogen) atoms. The zero-order chi connectivity index (χ0) is 27.9. The summed E-state index contributed by atoms with van der Waals surface area (Å²) in [4.78, 5) is 28.4. The maximum atomic E-state index is 13.9. The molecule has 3 aromatic carbocycles. The third-order valence-corrected chi connectivity index (χ3v) is 8.01. The van der Waals surface area contributed by atoms with E-state index in [4.69, 9.17) is 0 Å². The molecule has 8 heteroatoms. The number of amides is 2. The first-order valence-corrected chi connectivity index (χ1v) is 14.2. The van der Waals surface area contributed by atoms with E-state index >= 15 is 0 Å². The molecule has 1 atom stereocenters. The van der Waals surface area contributed by atoms with E-state index in [0.717, 1.165) is 21.0 Å². The van der Waals surface area contributed by atoms with Gasteiger partial charge in [-0.2, -0.15) is 0 Å². The molecule has 0 fully saturated rings. The Balaban J connectivity index is 2.00. The standard InChI is InChI=1S/C30H37N3O4S/c1-22(2)19-31-30(35)25(5)32(20-26-11-7-6-8-12-26)29(34)21-33(27-13-9-10-24(4)18-27)38(36,37)28-16-14-23(3)15-17-28/h6-18,22,25H,19-21H2,1-5H3,(H,31,35). The first kappa shape index (κ1) is 28.9. The third-order valence-electron chi connectivity index (χ3n) is 6.23. The Morgan fingerprint density at radius 1 is 0.842 bits per heavy atom. The minimum absolute atomic E-state index is 0.0924. The zero-order valence-corrected chi connectivity index (χ0v) is 23.5. The highest BCUT2D eigenvalue weighted by atomic mass is 32.2. The molecule has 0 bridgehead atoms. The fourth-order valence-electron chi connectivity index (χ4n) is 3.96. The number of carbonyl (C=O) groups excluding carboxylic acids is 2. The molecule has 2 amide bonds. The van der Waals surface area contributed by atoms with Gasteiger partial charge >= 0.3 is 0 Å². The summed E-state index contributed by atoms with van der Waals surface area (Å²) < 4.78 is 28.8. The number of sulfonamides is 1. The second kappa shape index (κ2) is 12.7. The van der Waals surface area contributed by atoms with E-state index in [-0.39, 0.29) is 23.3 Å². The maximum Gasteiger partial charge on any atom is 0.264 e. The molecule has 1 N–H and O–H groups in total. The van der Waals surface area contributed by atoms with Crippen molar-refractivity contribution < 1.29 is 18.0 Å². The van der Waals surface area contributed by atoms with Gasteiger partial charge in [0.05, 0.1) is 10.6 Å². The van der Waals surface area contributed by atoms with Gasteiger partial charge in [-0.05, 0) is 62.1 Å². The number of nitrogens with one attached hydrogen (secondary N) is 1. The molecular weight excluding hydrogens is 498 g/mol. The van der Waals surface area contributed by atoms with E-state index in [1.54, 1.807) is 49.4 Å². The predicted octanol–water partition coefficient (Wildman–Crippen LogP) is 4.69. The van der Waals surface area contributed by atoms with Crippen LogP contribution < -0.4 is 9.62 Å². The fraction of sp³-hybridized carbons (Fsp3) is 0.333. The normalized spacial score (nSPS) is 12.2. The number of hydrogen-bond acceptors (Lipinski definition) is 4. The van der Waals surface area contributed by atoms with Crippen molar-refractivity contribution in [2.45, 2.75) is 52.1 Å². The van der Waals surface area contributed by atoms with Gasteiger partial charge in [-0.15, -0.1) is 0 Å². The predicted molar refractivity (Wildman–Crippen MR) is 151 cm³/mol. The molecule has 0 heterocycles. The van der Waals surface area contributed by atoms with E-state index in [1.807, 2.05) is 64.1 Å². The van der Waals surface area contributed by atoms with Gasteiger partial charge in [-0.3, -0.25) is 13.9 Å². The molecule has 0 aliphatic heterocycles. The van der Waals surface area contributed by atoms with Crippen LogP contribution in [-0.2, 0) is 26.2 Å². The first-order chi connectivity index (χ1) is 18.0. The minimum atomic E-state index is -4.07. The topological polar surface area (TPSA) is 86.8 Å². The van der Waals surface area contributed by atoms with Gasteiger partial charge in [0.2, 0.25) is 11.8 Å². The molecule has 3 aromatic rings. The first-order valence-electron chi connectivity index (χ1n) is 12.8. The highest BCUT2D eigenvalue weighted by Crippen LogP contribution is 2.25. The van der Waals surface area contributed by atoms with E-state index < -0.39 is 28.5 Å². The number of aryl methyl sites for hydroxylation is 2. The van der Waals surface area contributed by atoms with Gasteiger partial charge in [0.1, 0.15) is 12.6 Å². The van der Waals surface area contributed by atoms with Gasteiger partial charge in [-0.25, -0.2) is 8.42 Å². The monoisotopic (exact) mass is 535 g/mol. The number of hydrogen-bond donors (Lipinski definition) is 1. The van der Waals surface area contributed by atoms with Gasteiger partial charge in [0.15, 0.2) is 0 Å². The maximum absolute atomic E-state index is 13.9. The van der Waals surface area contributed by atoms with Gasteiger partial charge in [-0.1, -0.05) is 74.0 Å². The van der Waals surface area contributed by atoms with Gasteiger partial charge in [0.25, 0.3) is 10.0 Å². The molecule has 0 aliphatic carbocycles. The molecule has 3 rings (SSSR count). The van der Waals surface area contributed by atoms with Crippen molar-refractivity contribution in [2.24, 2.45) is 5.92 Å². The lowest BCUT2D eigenvalue weighted by Crippen LogP contribution is -2.51. The Morgan fingerprint density at radius 2 is 1.50 bits per heavy atom. The summed E-state index contributed by atoms with van der Waals surface area (Å²) in [5.41, 5.74) is 3.02. The van der Waals surface area contributed by atoms with Crippen LogP contribution in [0.2, 0.25) is 0 Å². The van der Waals surface area contributed by atoms with Crippen LogP contribution in [0.1, 0.15) is 37.5 Å². The van der Waals surface area contributed by atoms with Crippen molar-refractivity contribution in [3.63, 3.8) is 0 Å². The number of rotatable bonds is 11. The van der Waals surface area contributed by atoms with E-state index in [9.17, 15) is 18.0 Å². The molecule has 0 radical (unpaired) electrons. The van der Waals surface area contributed by atoms with Crippen LogP contribution in [0.3, 0.4) is 0 Å². The second-order valence-corrected chi connectivity index (χ2v) is 11.8. The molecule has 0 aliphatic rings. The Kier molecular flexibility index (Phi) is 9.69. The Morgan fingerprint density at radius 3 is 2.11 bits per heavy atom. The van der Waals surface area contributed by atoms with Crippen molar-refractivity contribution >= 4 is 27.5 Å². The largest absolute Gasteiger partial charge is 0.354 e. The molecule has 202 valence electrons. The van der Waals surface area contributed by atoms with Crippen LogP contribution in [0.15, 0.2) is 83.8 Å². The van der Waals surface area contributed by atoms with E-state index in [0.29, 0.717) is 12.2 Å². The van der Waals surface area contributed by atoms with Gasteiger partial charge < -0.3 is 10.2 Å². The summed E-state index contributed by atoms with van der Waals surface area (Å²) >= 11 is 0. The van der Waals surface area contributed by atoms with Crippen molar-refractivity contribution in [3.8, 4) is 0 Å². The lowest BCUT2D eigenvalue weighted by molar-refractivity contribution is -0.139. The Labute approximate surface area is 226 Å². The lowest BCUT2D eigenvalue weighted by atomic mass is 10.1. The molecule has 0 saturated heterocycles. The van der Waals surface area contributed by atoms with Crippen LogP contribution in [0, 0.1) is 19.8 Å². The molecule has 7 nitrogen and oxygen atoms in total. The molecule has 0 saturated carbocycles. The van der Waals surface area contributed by atoms with Crippen molar-refractivity contribution in [2.75, 3.05) is 17.4 Å². The average Bonchev–Trinajstić information content (AvgIpc) is 2.89. The number of nitrogens with zero attached hydrogens (tertiary/aromatic N) is 2. The minimum Gasteiger partial charge on any atom is -0.354 e. The summed E-state index contributed by atoms with van der Waals surface area (Å²) in [7, 11) is -4.07. The highest BCUT2D eigenvalue weighted by Gasteiger charge is 2.32. The van der Waals surface area contributed by atoms with E-state index in [1.165, 1.54) is 4.90 Å². The van der Waals surface area contributed by atoms with Crippen LogP contribution in [0.5, 0.6) is 0 Å².